The maximum absolute atomic E-state index is 12.0. The number of rotatable bonds is 8. The minimum absolute atomic E-state index is 0.0214. The first-order valence-corrected chi connectivity index (χ1v) is 9.56. The molecular weight excluding hydrogens is 352 g/mol. The van der Waals surface area contributed by atoms with E-state index in [-0.39, 0.29) is 19.0 Å². The molecule has 6 nitrogen and oxygen atoms in total. The zero-order valence-electron chi connectivity index (χ0n) is 13.2. The van der Waals surface area contributed by atoms with Crippen molar-refractivity contribution >= 4 is 27.5 Å². The van der Waals surface area contributed by atoms with Gasteiger partial charge in [0.25, 0.3) is 0 Å². The highest BCUT2D eigenvalue weighted by atomic mass is 35.5. The average Bonchev–Trinajstić information content (AvgIpc) is 2.99. The first-order valence-electron chi connectivity index (χ1n) is 7.33. The van der Waals surface area contributed by atoms with Gasteiger partial charge in [0, 0.05) is 11.6 Å². The number of nitrogens with zero attached hydrogens (tertiary/aromatic N) is 1. The molecule has 0 unspecified atom stereocenters. The summed E-state index contributed by atoms with van der Waals surface area (Å²) in [6.07, 6.45) is 3.14. The van der Waals surface area contributed by atoms with Crippen LogP contribution in [0.4, 0.5) is 0 Å². The van der Waals surface area contributed by atoms with Gasteiger partial charge in [-0.2, -0.15) is 4.31 Å². The maximum atomic E-state index is 12.0. The third-order valence-electron chi connectivity index (χ3n) is 3.33. The lowest BCUT2D eigenvalue weighted by Gasteiger charge is -2.18. The highest BCUT2D eigenvalue weighted by Gasteiger charge is 2.21. The van der Waals surface area contributed by atoms with Crippen LogP contribution >= 0.6 is 11.6 Å². The van der Waals surface area contributed by atoms with Gasteiger partial charge in [-0.05, 0) is 36.2 Å². The van der Waals surface area contributed by atoms with Gasteiger partial charge < -0.3 is 9.73 Å². The Labute approximate surface area is 146 Å². The van der Waals surface area contributed by atoms with Crippen LogP contribution in [0.3, 0.4) is 0 Å². The van der Waals surface area contributed by atoms with Crippen LogP contribution in [0.5, 0.6) is 0 Å². The van der Waals surface area contributed by atoms with Gasteiger partial charge in [-0.15, -0.1) is 0 Å². The van der Waals surface area contributed by atoms with E-state index in [1.54, 1.807) is 18.2 Å². The average molecular weight is 371 g/mol. The van der Waals surface area contributed by atoms with E-state index in [9.17, 15) is 13.2 Å². The van der Waals surface area contributed by atoms with E-state index < -0.39 is 10.0 Å². The van der Waals surface area contributed by atoms with Crippen LogP contribution in [-0.4, -0.2) is 38.0 Å². The molecule has 0 atom stereocenters. The van der Waals surface area contributed by atoms with E-state index in [0.717, 1.165) is 16.1 Å². The Hall–Kier alpha value is -1.83. The summed E-state index contributed by atoms with van der Waals surface area (Å²) in [6.45, 7) is 0.167. The van der Waals surface area contributed by atoms with Crippen LogP contribution in [0, 0.1) is 0 Å². The number of carbonyl (C=O) groups is 1. The molecule has 130 valence electrons. The van der Waals surface area contributed by atoms with Gasteiger partial charge in [-0.25, -0.2) is 8.42 Å². The fourth-order valence-corrected chi connectivity index (χ4v) is 3.05. The first-order chi connectivity index (χ1) is 11.3. The molecule has 1 heterocycles. The molecule has 0 radical (unpaired) electrons. The number of amides is 1. The largest absolute Gasteiger partial charge is 0.468 e. The summed E-state index contributed by atoms with van der Waals surface area (Å²) < 4.78 is 29.8. The summed E-state index contributed by atoms with van der Waals surface area (Å²) in [7, 11) is -3.52. The van der Waals surface area contributed by atoms with Crippen LogP contribution < -0.4 is 5.32 Å². The van der Waals surface area contributed by atoms with E-state index in [4.69, 9.17) is 16.0 Å². The molecule has 8 heteroatoms. The summed E-state index contributed by atoms with van der Waals surface area (Å²) in [6, 6.07) is 10.7. The van der Waals surface area contributed by atoms with E-state index in [1.165, 1.54) is 6.26 Å². The molecule has 1 amide bonds. The van der Waals surface area contributed by atoms with Gasteiger partial charge in [-0.1, -0.05) is 23.7 Å². The van der Waals surface area contributed by atoms with Gasteiger partial charge in [0.1, 0.15) is 5.76 Å². The molecule has 0 fully saturated rings. The normalized spacial score (nSPS) is 11.6. The number of carbonyl (C=O) groups excluding carboxylic acids is 1. The van der Waals surface area contributed by atoms with Crippen LogP contribution in [0.25, 0.3) is 0 Å². The lowest BCUT2D eigenvalue weighted by molar-refractivity contribution is -0.121. The van der Waals surface area contributed by atoms with E-state index in [2.05, 4.69) is 5.32 Å². The number of halogens is 1. The highest BCUT2D eigenvalue weighted by Crippen LogP contribution is 2.11. The topological polar surface area (TPSA) is 79.6 Å². The Morgan fingerprint density at radius 2 is 2.08 bits per heavy atom. The number of sulfonamides is 1. The van der Waals surface area contributed by atoms with Gasteiger partial charge in [0.15, 0.2) is 0 Å². The molecule has 0 saturated carbocycles. The van der Waals surface area contributed by atoms with Gasteiger partial charge in [-0.3, -0.25) is 4.79 Å². The third kappa shape index (κ3) is 5.99. The molecule has 0 bridgehead atoms. The summed E-state index contributed by atoms with van der Waals surface area (Å²) >= 11 is 5.90. The fraction of sp³-hybridized carbons (Fsp3) is 0.312. The lowest BCUT2D eigenvalue weighted by atomic mass is 10.1. The predicted octanol–water partition coefficient (Wildman–Crippen LogP) is 2.05. The SMILES string of the molecule is CS(=O)(=O)N(CC(=O)NCCc1cccc(Cl)c1)Cc1ccco1. The van der Waals surface area contributed by atoms with E-state index in [1.807, 2.05) is 18.2 Å². The Morgan fingerprint density at radius 3 is 2.71 bits per heavy atom. The van der Waals surface area contributed by atoms with Crippen molar-refractivity contribution in [3.63, 3.8) is 0 Å². The van der Waals surface area contributed by atoms with Crippen molar-refractivity contribution in [2.75, 3.05) is 19.3 Å². The molecule has 0 aliphatic rings. The quantitative estimate of drug-likeness (QED) is 0.771. The summed E-state index contributed by atoms with van der Waals surface area (Å²) in [5, 5.41) is 3.35. The molecule has 24 heavy (non-hydrogen) atoms. The van der Waals surface area contributed by atoms with Crippen molar-refractivity contribution in [3.8, 4) is 0 Å². The maximum Gasteiger partial charge on any atom is 0.235 e. The monoisotopic (exact) mass is 370 g/mol. The van der Waals surface area contributed by atoms with Crippen LogP contribution in [0.15, 0.2) is 47.1 Å². The third-order valence-corrected chi connectivity index (χ3v) is 4.76. The zero-order valence-corrected chi connectivity index (χ0v) is 14.8. The van der Waals surface area contributed by atoms with Crippen molar-refractivity contribution in [1.82, 2.24) is 9.62 Å². The second-order valence-electron chi connectivity index (χ2n) is 5.34. The van der Waals surface area contributed by atoms with Crippen LogP contribution in [0.1, 0.15) is 11.3 Å². The smallest absolute Gasteiger partial charge is 0.235 e. The predicted molar refractivity (Wildman–Crippen MR) is 92.1 cm³/mol. The van der Waals surface area contributed by atoms with E-state index >= 15 is 0 Å². The molecule has 1 N–H and O–H groups in total. The zero-order chi connectivity index (χ0) is 17.6. The number of nitrogens with one attached hydrogen (secondary N) is 1. The highest BCUT2D eigenvalue weighted by molar-refractivity contribution is 7.88. The van der Waals surface area contributed by atoms with Gasteiger partial charge in [0.05, 0.1) is 25.6 Å². The molecule has 0 spiro atoms. The number of furan rings is 1. The van der Waals surface area contributed by atoms with Crippen molar-refractivity contribution in [1.29, 1.82) is 0 Å². The first kappa shape index (κ1) is 18.5. The molecular formula is C16H19ClN2O4S. The molecule has 2 aromatic rings. The van der Waals surface area contributed by atoms with Crippen molar-refractivity contribution in [3.05, 3.63) is 59.0 Å². The van der Waals surface area contributed by atoms with Crippen LogP contribution in [0.2, 0.25) is 5.02 Å². The van der Waals surface area contributed by atoms with Crippen molar-refractivity contribution in [2.45, 2.75) is 13.0 Å². The molecule has 1 aromatic heterocycles. The second kappa shape index (κ2) is 8.32. The minimum Gasteiger partial charge on any atom is -0.468 e. The number of hydrogen-bond donors (Lipinski definition) is 1. The summed E-state index contributed by atoms with van der Waals surface area (Å²) in [4.78, 5) is 12.0. The number of benzene rings is 1. The molecule has 1 aromatic carbocycles. The Kier molecular flexibility index (Phi) is 6.42. The minimum atomic E-state index is -3.52. The molecule has 0 aliphatic carbocycles. The second-order valence-corrected chi connectivity index (χ2v) is 7.76. The van der Waals surface area contributed by atoms with Gasteiger partial charge in [0.2, 0.25) is 15.9 Å². The van der Waals surface area contributed by atoms with E-state index in [0.29, 0.717) is 23.7 Å². The van der Waals surface area contributed by atoms with Crippen molar-refractivity contribution < 1.29 is 17.6 Å². The number of hydrogen-bond acceptors (Lipinski definition) is 4. The van der Waals surface area contributed by atoms with Gasteiger partial charge >= 0.3 is 0 Å². The Morgan fingerprint density at radius 1 is 1.29 bits per heavy atom. The standard InChI is InChI=1S/C16H19ClN2O4S/c1-24(21,22)19(11-15-6-3-9-23-15)12-16(20)18-8-7-13-4-2-5-14(17)10-13/h2-6,9-10H,7-8,11-12H2,1H3,(H,18,20). The summed E-state index contributed by atoms with van der Waals surface area (Å²) in [5.74, 6) is 0.112. The molecule has 0 saturated heterocycles. The lowest BCUT2D eigenvalue weighted by Crippen LogP contribution is -2.40. The Balaban J connectivity index is 1.86. The summed E-state index contributed by atoms with van der Waals surface area (Å²) in [5.41, 5.74) is 0.998. The van der Waals surface area contributed by atoms with Crippen LogP contribution in [-0.2, 0) is 27.8 Å². The molecule has 2 rings (SSSR count). The fourth-order valence-electron chi connectivity index (χ4n) is 2.12. The van der Waals surface area contributed by atoms with Crippen molar-refractivity contribution in [2.24, 2.45) is 0 Å². The molecule has 0 aliphatic heterocycles. The Bertz CT molecular complexity index is 775.